The second-order valence-electron chi connectivity index (χ2n) is 5.57. The highest BCUT2D eigenvalue weighted by Gasteiger charge is 2.21. The molecule has 1 rings (SSSR count). The van der Waals surface area contributed by atoms with Gasteiger partial charge in [0.05, 0.1) is 0 Å². The van der Waals surface area contributed by atoms with Gasteiger partial charge in [0, 0.05) is 19.8 Å². The van der Waals surface area contributed by atoms with Crippen LogP contribution < -0.4 is 4.90 Å². The molecule has 0 aromatic heterocycles. The van der Waals surface area contributed by atoms with Crippen molar-refractivity contribution in [2.45, 2.75) is 33.6 Å². The molecule has 1 nitrogen and oxygen atoms in total. The number of hydrogen-bond acceptors (Lipinski definition) is 1. The number of hydrogen-bond donors (Lipinski definition) is 0. The molecule has 1 aromatic carbocycles. The highest BCUT2D eigenvalue weighted by molar-refractivity contribution is 5.46. The van der Waals surface area contributed by atoms with Crippen molar-refractivity contribution in [3.8, 4) is 0 Å². The molecule has 0 bridgehead atoms. The lowest BCUT2D eigenvalue weighted by Crippen LogP contribution is -2.15. The third-order valence-electron chi connectivity index (χ3n) is 3.21. The zero-order valence-electron chi connectivity index (χ0n) is 10.8. The molecular formula is C14H23N. The lowest BCUT2D eigenvalue weighted by atomic mass is 9.78. The molecule has 0 radical (unpaired) electrons. The average Bonchev–Trinajstić information content (AvgIpc) is 2.15. The minimum Gasteiger partial charge on any atom is -0.378 e. The topological polar surface area (TPSA) is 3.24 Å². The van der Waals surface area contributed by atoms with E-state index < -0.39 is 0 Å². The Kier molecular flexibility index (Phi) is 3.43. The monoisotopic (exact) mass is 205 g/mol. The van der Waals surface area contributed by atoms with Gasteiger partial charge < -0.3 is 4.90 Å². The first-order valence-electron chi connectivity index (χ1n) is 5.59. The zero-order valence-corrected chi connectivity index (χ0v) is 10.8. The van der Waals surface area contributed by atoms with E-state index >= 15 is 0 Å². The van der Waals surface area contributed by atoms with Crippen molar-refractivity contribution >= 4 is 5.69 Å². The van der Waals surface area contributed by atoms with Gasteiger partial charge in [-0.2, -0.15) is 0 Å². The second-order valence-corrected chi connectivity index (χ2v) is 5.57. The third-order valence-corrected chi connectivity index (χ3v) is 3.21. The first-order valence-corrected chi connectivity index (χ1v) is 5.59. The summed E-state index contributed by atoms with van der Waals surface area (Å²) < 4.78 is 0. The molecule has 1 heteroatoms. The van der Waals surface area contributed by atoms with E-state index in [1.54, 1.807) is 0 Å². The molecule has 1 unspecified atom stereocenters. The normalized spacial score (nSPS) is 13.7. The van der Waals surface area contributed by atoms with Gasteiger partial charge in [-0.3, -0.25) is 0 Å². The van der Waals surface area contributed by atoms with Crippen molar-refractivity contribution < 1.29 is 0 Å². The van der Waals surface area contributed by atoms with Crippen molar-refractivity contribution in [1.29, 1.82) is 0 Å². The van der Waals surface area contributed by atoms with Crippen LogP contribution in [0.1, 0.15) is 39.2 Å². The quantitative estimate of drug-likeness (QED) is 0.707. The Hall–Kier alpha value is -0.980. The predicted octanol–water partition coefficient (Wildman–Crippen LogP) is 3.90. The van der Waals surface area contributed by atoms with Crippen LogP contribution in [0.25, 0.3) is 0 Å². The molecule has 0 aliphatic heterocycles. The summed E-state index contributed by atoms with van der Waals surface area (Å²) in [7, 11) is 4.14. The second kappa shape index (κ2) is 4.26. The van der Waals surface area contributed by atoms with Gasteiger partial charge in [-0.05, 0) is 29.0 Å². The highest BCUT2D eigenvalue weighted by Crippen LogP contribution is 2.34. The van der Waals surface area contributed by atoms with E-state index in [0.29, 0.717) is 11.3 Å². The van der Waals surface area contributed by atoms with Crippen molar-refractivity contribution in [2.75, 3.05) is 19.0 Å². The first-order chi connectivity index (χ1) is 6.82. The van der Waals surface area contributed by atoms with Crippen LogP contribution in [0.3, 0.4) is 0 Å². The van der Waals surface area contributed by atoms with Gasteiger partial charge in [0.2, 0.25) is 0 Å². The molecule has 0 fully saturated rings. The van der Waals surface area contributed by atoms with E-state index in [4.69, 9.17) is 0 Å². The van der Waals surface area contributed by atoms with Crippen molar-refractivity contribution in [3.05, 3.63) is 29.8 Å². The molecular weight excluding hydrogens is 182 g/mol. The van der Waals surface area contributed by atoms with Gasteiger partial charge in [0.1, 0.15) is 0 Å². The summed E-state index contributed by atoms with van der Waals surface area (Å²) in [5, 5.41) is 0. The maximum atomic E-state index is 2.30. The Labute approximate surface area is 94.1 Å². The minimum atomic E-state index is 0.333. The van der Waals surface area contributed by atoms with Gasteiger partial charge in [-0.1, -0.05) is 39.8 Å². The maximum Gasteiger partial charge on any atom is 0.0361 e. The van der Waals surface area contributed by atoms with Crippen LogP contribution >= 0.6 is 0 Å². The van der Waals surface area contributed by atoms with E-state index in [2.05, 4.69) is 71.0 Å². The fourth-order valence-electron chi connectivity index (χ4n) is 1.56. The Balaban J connectivity index is 2.89. The van der Waals surface area contributed by atoms with Crippen LogP contribution in [0, 0.1) is 5.41 Å². The summed E-state index contributed by atoms with van der Waals surface area (Å²) in [5.41, 5.74) is 3.02. The van der Waals surface area contributed by atoms with Crippen LogP contribution in [0.5, 0.6) is 0 Å². The number of rotatable bonds is 2. The van der Waals surface area contributed by atoms with Crippen molar-refractivity contribution in [2.24, 2.45) is 5.41 Å². The summed E-state index contributed by atoms with van der Waals surface area (Å²) in [5.74, 6) is 0.591. The molecule has 15 heavy (non-hydrogen) atoms. The number of anilines is 1. The number of benzene rings is 1. The minimum absolute atomic E-state index is 0.333. The summed E-state index contributed by atoms with van der Waals surface area (Å²) in [4.78, 5) is 2.13. The summed E-state index contributed by atoms with van der Waals surface area (Å²) >= 11 is 0. The molecule has 0 saturated carbocycles. The Morgan fingerprint density at radius 3 is 1.80 bits per heavy atom. The molecule has 0 aliphatic rings. The van der Waals surface area contributed by atoms with Crippen LogP contribution in [0.2, 0.25) is 0 Å². The fourth-order valence-corrected chi connectivity index (χ4v) is 1.56. The Bertz CT molecular complexity index is 303. The van der Waals surface area contributed by atoms with E-state index in [-0.39, 0.29) is 0 Å². The largest absolute Gasteiger partial charge is 0.378 e. The fraction of sp³-hybridized carbons (Fsp3) is 0.571. The SMILES string of the molecule is CC(c1ccc(N(C)C)cc1)C(C)(C)C. The summed E-state index contributed by atoms with van der Waals surface area (Å²) in [6.45, 7) is 9.16. The lowest BCUT2D eigenvalue weighted by molar-refractivity contribution is 0.339. The van der Waals surface area contributed by atoms with Crippen molar-refractivity contribution in [3.63, 3.8) is 0 Å². The molecule has 0 aliphatic carbocycles. The third kappa shape index (κ3) is 2.98. The molecule has 0 saturated heterocycles. The Morgan fingerprint density at radius 1 is 1.00 bits per heavy atom. The summed E-state index contributed by atoms with van der Waals surface area (Å²) in [6, 6.07) is 8.87. The molecule has 0 amide bonds. The maximum absolute atomic E-state index is 2.30. The molecule has 0 N–H and O–H groups in total. The standard InChI is InChI=1S/C14H23N/c1-11(14(2,3)4)12-7-9-13(10-8-12)15(5)6/h7-11H,1-6H3. The molecule has 84 valence electrons. The Morgan fingerprint density at radius 2 is 1.47 bits per heavy atom. The molecule has 0 spiro atoms. The highest BCUT2D eigenvalue weighted by atomic mass is 15.1. The van der Waals surface area contributed by atoms with E-state index in [9.17, 15) is 0 Å². The van der Waals surface area contributed by atoms with Gasteiger partial charge in [0.15, 0.2) is 0 Å². The van der Waals surface area contributed by atoms with Gasteiger partial charge in [-0.15, -0.1) is 0 Å². The van der Waals surface area contributed by atoms with Crippen LogP contribution in [0.15, 0.2) is 24.3 Å². The van der Waals surface area contributed by atoms with Crippen molar-refractivity contribution in [1.82, 2.24) is 0 Å². The van der Waals surface area contributed by atoms with E-state index in [1.165, 1.54) is 11.3 Å². The average molecular weight is 205 g/mol. The molecule has 1 aromatic rings. The zero-order chi connectivity index (χ0) is 11.6. The first kappa shape index (κ1) is 12.1. The lowest BCUT2D eigenvalue weighted by Gasteiger charge is -2.28. The van der Waals surface area contributed by atoms with Crippen LogP contribution in [-0.4, -0.2) is 14.1 Å². The van der Waals surface area contributed by atoms with E-state index in [1.807, 2.05) is 0 Å². The van der Waals surface area contributed by atoms with Crippen LogP contribution in [-0.2, 0) is 0 Å². The van der Waals surface area contributed by atoms with Crippen LogP contribution in [0.4, 0.5) is 5.69 Å². The van der Waals surface area contributed by atoms with Gasteiger partial charge >= 0.3 is 0 Å². The van der Waals surface area contributed by atoms with Gasteiger partial charge in [-0.25, -0.2) is 0 Å². The van der Waals surface area contributed by atoms with Gasteiger partial charge in [0.25, 0.3) is 0 Å². The predicted molar refractivity (Wildman–Crippen MR) is 68.6 cm³/mol. The smallest absolute Gasteiger partial charge is 0.0361 e. The van der Waals surface area contributed by atoms with E-state index in [0.717, 1.165) is 0 Å². The molecule has 0 heterocycles. The summed E-state index contributed by atoms with van der Waals surface area (Å²) in [6.07, 6.45) is 0. The number of nitrogens with zero attached hydrogens (tertiary/aromatic N) is 1. The molecule has 1 atom stereocenters.